The van der Waals surface area contributed by atoms with Gasteiger partial charge >= 0.3 is 0 Å². The molecule has 1 aromatic carbocycles. The number of hydrogen-bond donors (Lipinski definition) is 1. The van der Waals surface area contributed by atoms with Crippen LogP contribution in [0.1, 0.15) is 5.56 Å². The molecule has 0 radical (unpaired) electrons. The molecule has 0 spiro atoms. The second-order valence-electron chi connectivity index (χ2n) is 3.53. The first kappa shape index (κ1) is 12.1. The van der Waals surface area contributed by atoms with Gasteiger partial charge in [-0.05, 0) is 17.0 Å². The predicted octanol–water partition coefficient (Wildman–Crippen LogP) is 2.65. The van der Waals surface area contributed by atoms with Crippen molar-refractivity contribution in [3.05, 3.63) is 42.2 Å². The van der Waals surface area contributed by atoms with E-state index in [-0.39, 0.29) is 5.91 Å². The molecule has 1 amide bonds. The lowest BCUT2D eigenvalue weighted by Crippen LogP contribution is -2.27. The third-order valence-electron chi connectivity index (χ3n) is 2.42. The lowest BCUT2D eigenvalue weighted by Gasteiger charge is -2.08. The van der Waals surface area contributed by atoms with Crippen molar-refractivity contribution in [3.63, 3.8) is 0 Å². The molecule has 3 nitrogen and oxygen atoms in total. The number of aromatic nitrogens is 1. The Morgan fingerprint density at radius 2 is 2.18 bits per heavy atom. The van der Waals surface area contributed by atoms with Gasteiger partial charge in [-0.25, -0.2) is 0 Å². The number of carbonyl (C=O) groups is 1. The van der Waals surface area contributed by atoms with Crippen LogP contribution in [0.25, 0.3) is 10.8 Å². The summed E-state index contributed by atoms with van der Waals surface area (Å²) in [6.07, 6.45) is 3.51. The van der Waals surface area contributed by atoms with E-state index in [4.69, 9.17) is 23.2 Å². The van der Waals surface area contributed by atoms with Crippen molar-refractivity contribution in [2.45, 2.75) is 11.4 Å². The van der Waals surface area contributed by atoms with Crippen LogP contribution in [0.5, 0.6) is 0 Å². The van der Waals surface area contributed by atoms with Gasteiger partial charge in [0.25, 0.3) is 5.91 Å². The third kappa shape index (κ3) is 2.87. The highest BCUT2D eigenvalue weighted by atomic mass is 35.5. The number of pyridine rings is 1. The highest BCUT2D eigenvalue weighted by Gasteiger charge is 2.10. The maximum Gasteiger partial charge on any atom is 0.253 e. The summed E-state index contributed by atoms with van der Waals surface area (Å²) in [5.41, 5.74) is 1.01. The Bertz CT molecular complexity index is 538. The molecule has 1 aromatic heterocycles. The van der Waals surface area contributed by atoms with Gasteiger partial charge in [-0.3, -0.25) is 9.78 Å². The molecule has 0 aliphatic rings. The van der Waals surface area contributed by atoms with Crippen LogP contribution in [-0.2, 0) is 11.3 Å². The molecular formula is C12H10Cl2N2O. The highest BCUT2D eigenvalue weighted by Crippen LogP contribution is 2.17. The summed E-state index contributed by atoms with van der Waals surface area (Å²) in [5, 5.41) is 4.76. The molecule has 88 valence electrons. The average Bonchev–Trinajstić information content (AvgIpc) is 2.35. The standard InChI is InChI=1S/C12H10Cl2N2O/c13-11(14)12(17)16-7-9-3-1-2-8-6-15-5-4-10(8)9/h1-6,11H,7H2,(H,16,17). The molecule has 0 aliphatic heterocycles. The van der Waals surface area contributed by atoms with Gasteiger partial charge in [-0.1, -0.05) is 41.4 Å². The summed E-state index contributed by atoms with van der Waals surface area (Å²) in [4.78, 5) is 14.3. The molecule has 2 rings (SSSR count). The molecule has 1 N–H and O–H groups in total. The first-order chi connectivity index (χ1) is 8.18. The van der Waals surface area contributed by atoms with E-state index >= 15 is 0 Å². The van der Waals surface area contributed by atoms with Crippen LogP contribution < -0.4 is 5.32 Å². The van der Waals surface area contributed by atoms with E-state index in [2.05, 4.69) is 10.3 Å². The first-order valence-electron chi connectivity index (χ1n) is 5.06. The molecule has 0 aliphatic carbocycles. The second-order valence-corrected chi connectivity index (χ2v) is 4.63. The van der Waals surface area contributed by atoms with Crippen LogP contribution in [0.2, 0.25) is 0 Å². The van der Waals surface area contributed by atoms with Crippen molar-refractivity contribution in [1.82, 2.24) is 10.3 Å². The summed E-state index contributed by atoms with van der Waals surface area (Å²) in [6.45, 7) is 0.399. The van der Waals surface area contributed by atoms with E-state index in [1.54, 1.807) is 12.4 Å². The quantitative estimate of drug-likeness (QED) is 0.870. The lowest BCUT2D eigenvalue weighted by molar-refractivity contribution is -0.119. The smallest absolute Gasteiger partial charge is 0.253 e. The topological polar surface area (TPSA) is 42.0 Å². The Kier molecular flexibility index (Phi) is 3.82. The van der Waals surface area contributed by atoms with Crippen molar-refractivity contribution >= 4 is 39.9 Å². The van der Waals surface area contributed by atoms with E-state index in [0.717, 1.165) is 16.3 Å². The molecule has 0 bridgehead atoms. The van der Waals surface area contributed by atoms with Crippen molar-refractivity contribution in [2.24, 2.45) is 0 Å². The second kappa shape index (κ2) is 5.34. The Morgan fingerprint density at radius 1 is 1.35 bits per heavy atom. The highest BCUT2D eigenvalue weighted by molar-refractivity contribution is 6.53. The number of nitrogens with zero attached hydrogens (tertiary/aromatic N) is 1. The van der Waals surface area contributed by atoms with Crippen molar-refractivity contribution < 1.29 is 4.79 Å². The fourth-order valence-corrected chi connectivity index (χ4v) is 1.76. The van der Waals surface area contributed by atoms with Crippen LogP contribution in [0.15, 0.2) is 36.7 Å². The van der Waals surface area contributed by atoms with E-state index in [9.17, 15) is 4.79 Å². The molecule has 5 heteroatoms. The zero-order valence-corrected chi connectivity index (χ0v) is 10.4. The maximum atomic E-state index is 11.3. The van der Waals surface area contributed by atoms with Gasteiger partial charge in [0.2, 0.25) is 0 Å². The number of alkyl halides is 2. The van der Waals surface area contributed by atoms with Gasteiger partial charge in [-0.15, -0.1) is 0 Å². The Labute approximate surface area is 109 Å². The molecule has 2 aromatic rings. The number of amides is 1. The number of benzene rings is 1. The van der Waals surface area contributed by atoms with Crippen LogP contribution in [0.3, 0.4) is 0 Å². The SMILES string of the molecule is O=C(NCc1cccc2cnccc12)C(Cl)Cl. The van der Waals surface area contributed by atoms with Gasteiger partial charge < -0.3 is 5.32 Å². The Morgan fingerprint density at radius 3 is 2.94 bits per heavy atom. The Hall–Kier alpha value is -1.32. The van der Waals surface area contributed by atoms with Crippen molar-refractivity contribution in [2.75, 3.05) is 0 Å². The summed E-state index contributed by atoms with van der Waals surface area (Å²) < 4.78 is 0. The molecule has 17 heavy (non-hydrogen) atoms. The fourth-order valence-electron chi connectivity index (χ4n) is 1.60. The first-order valence-corrected chi connectivity index (χ1v) is 5.93. The zero-order valence-electron chi connectivity index (χ0n) is 8.86. The van der Waals surface area contributed by atoms with Crippen LogP contribution in [0.4, 0.5) is 0 Å². The predicted molar refractivity (Wildman–Crippen MR) is 69.1 cm³/mol. The fraction of sp³-hybridized carbons (Fsp3) is 0.167. The molecule has 0 fully saturated rings. The largest absolute Gasteiger partial charge is 0.350 e. The number of nitrogens with one attached hydrogen (secondary N) is 1. The molecular weight excluding hydrogens is 259 g/mol. The van der Waals surface area contributed by atoms with E-state index in [1.807, 2.05) is 24.3 Å². The summed E-state index contributed by atoms with van der Waals surface area (Å²) >= 11 is 10.9. The summed E-state index contributed by atoms with van der Waals surface area (Å²) in [6, 6.07) is 7.75. The summed E-state index contributed by atoms with van der Waals surface area (Å²) in [5.74, 6) is -0.389. The zero-order chi connectivity index (χ0) is 12.3. The maximum absolute atomic E-state index is 11.3. The average molecular weight is 269 g/mol. The van der Waals surface area contributed by atoms with E-state index in [1.165, 1.54) is 0 Å². The molecule has 1 heterocycles. The molecule has 0 atom stereocenters. The van der Waals surface area contributed by atoms with Crippen LogP contribution in [0, 0.1) is 0 Å². The third-order valence-corrected chi connectivity index (χ3v) is 2.82. The van der Waals surface area contributed by atoms with Gasteiger partial charge in [0.15, 0.2) is 4.84 Å². The molecule has 0 unspecified atom stereocenters. The summed E-state index contributed by atoms with van der Waals surface area (Å²) in [7, 11) is 0. The van der Waals surface area contributed by atoms with Crippen LogP contribution in [-0.4, -0.2) is 15.7 Å². The minimum absolute atomic E-state index is 0.389. The minimum atomic E-state index is -1.04. The lowest BCUT2D eigenvalue weighted by atomic mass is 10.1. The van der Waals surface area contributed by atoms with Crippen LogP contribution >= 0.6 is 23.2 Å². The number of halogens is 2. The molecule has 0 saturated heterocycles. The normalized spacial score (nSPS) is 10.8. The van der Waals surface area contributed by atoms with Gasteiger partial charge in [-0.2, -0.15) is 0 Å². The number of hydrogen-bond acceptors (Lipinski definition) is 2. The Balaban J connectivity index is 2.21. The molecule has 0 saturated carbocycles. The van der Waals surface area contributed by atoms with E-state index in [0.29, 0.717) is 6.54 Å². The number of rotatable bonds is 3. The van der Waals surface area contributed by atoms with Gasteiger partial charge in [0.1, 0.15) is 0 Å². The van der Waals surface area contributed by atoms with Gasteiger partial charge in [0, 0.05) is 24.3 Å². The number of fused-ring (bicyclic) bond motifs is 1. The van der Waals surface area contributed by atoms with Crippen molar-refractivity contribution in [1.29, 1.82) is 0 Å². The number of carbonyl (C=O) groups excluding carboxylic acids is 1. The monoisotopic (exact) mass is 268 g/mol. The minimum Gasteiger partial charge on any atom is -0.350 e. The van der Waals surface area contributed by atoms with E-state index < -0.39 is 4.84 Å². The van der Waals surface area contributed by atoms with Gasteiger partial charge in [0.05, 0.1) is 0 Å². The van der Waals surface area contributed by atoms with Crippen molar-refractivity contribution in [3.8, 4) is 0 Å².